The third-order valence-electron chi connectivity index (χ3n) is 1.96. The lowest BCUT2D eigenvalue weighted by Crippen LogP contribution is -2.55. The second-order valence-corrected chi connectivity index (χ2v) is 3.76. The van der Waals surface area contributed by atoms with Crippen LogP contribution in [0.3, 0.4) is 0 Å². The van der Waals surface area contributed by atoms with E-state index in [-0.39, 0.29) is 31.6 Å². The summed E-state index contributed by atoms with van der Waals surface area (Å²) >= 11 is 0. The zero-order valence-electron chi connectivity index (χ0n) is 8.87. The molecule has 0 bridgehead atoms. The van der Waals surface area contributed by atoms with E-state index in [1.165, 1.54) is 4.90 Å². The van der Waals surface area contributed by atoms with Gasteiger partial charge in [-0.15, -0.1) is 0 Å². The topological polar surface area (TPSA) is 78.5 Å². The summed E-state index contributed by atoms with van der Waals surface area (Å²) in [7, 11) is 0. The smallest absolute Gasteiger partial charge is 0.246 e. The normalized spacial score (nSPS) is 16.9. The van der Waals surface area contributed by atoms with Gasteiger partial charge in [0, 0.05) is 6.04 Å². The molecule has 0 aromatic rings. The fourth-order valence-electron chi connectivity index (χ4n) is 1.22. The van der Waals surface area contributed by atoms with Crippen LogP contribution in [-0.2, 0) is 14.4 Å². The van der Waals surface area contributed by atoms with Gasteiger partial charge in [0.05, 0.1) is 6.54 Å². The predicted molar refractivity (Wildman–Crippen MR) is 52.9 cm³/mol. The molecule has 15 heavy (non-hydrogen) atoms. The highest BCUT2D eigenvalue weighted by Crippen LogP contribution is 1.95. The van der Waals surface area contributed by atoms with E-state index in [0.29, 0.717) is 0 Å². The van der Waals surface area contributed by atoms with E-state index in [4.69, 9.17) is 0 Å². The van der Waals surface area contributed by atoms with Gasteiger partial charge in [-0.1, -0.05) is 13.8 Å². The second-order valence-electron chi connectivity index (χ2n) is 3.76. The second kappa shape index (κ2) is 4.88. The number of amides is 3. The highest BCUT2D eigenvalue weighted by Gasteiger charge is 2.25. The van der Waals surface area contributed by atoms with Gasteiger partial charge in [-0.2, -0.15) is 0 Å². The van der Waals surface area contributed by atoms with Crippen molar-refractivity contribution in [1.82, 2.24) is 15.5 Å². The summed E-state index contributed by atoms with van der Waals surface area (Å²) in [4.78, 5) is 34.7. The van der Waals surface area contributed by atoms with Crippen LogP contribution < -0.4 is 10.6 Å². The van der Waals surface area contributed by atoms with E-state index in [0.717, 1.165) is 0 Å². The van der Waals surface area contributed by atoms with Crippen molar-refractivity contribution in [2.45, 2.75) is 19.9 Å². The number of nitrogens with zero attached hydrogens (tertiary/aromatic N) is 1. The number of hydrogen-bond acceptors (Lipinski definition) is 4. The summed E-state index contributed by atoms with van der Waals surface area (Å²) in [5.41, 5.74) is 0. The molecule has 0 spiro atoms. The molecule has 84 valence electrons. The Morgan fingerprint density at radius 3 is 2.40 bits per heavy atom. The van der Waals surface area contributed by atoms with E-state index in [1.54, 1.807) is 0 Å². The molecule has 1 rings (SSSR count). The summed E-state index contributed by atoms with van der Waals surface area (Å²) in [6, 6.07) is 0.197. The standard InChI is InChI=1S/C9H15N3O3/c1-6(2)10-3-9(15)12-4-7(13)11-8(14)5-12/h6,10H,3-5H2,1-2H3,(H,11,13,14). The van der Waals surface area contributed by atoms with E-state index in [1.807, 2.05) is 13.8 Å². The van der Waals surface area contributed by atoms with Gasteiger partial charge >= 0.3 is 0 Å². The Morgan fingerprint density at radius 2 is 1.93 bits per heavy atom. The Morgan fingerprint density at radius 1 is 1.40 bits per heavy atom. The minimum atomic E-state index is -0.427. The highest BCUT2D eigenvalue weighted by atomic mass is 16.2. The van der Waals surface area contributed by atoms with Crippen molar-refractivity contribution in [3.8, 4) is 0 Å². The lowest BCUT2D eigenvalue weighted by molar-refractivity contribution is -0.144. The molecule has 2 N–H and O–H groups in total. The maximum atomic E-state index is 11.5. The van der Waals surface area contributed by atoms with Gasteiger partial charge in [-0.25, -0.2) is 0 Å². The number of piperazine rings is 1. The van der Waals surface area contributed by atoms with E-state index < -0.39 is 11.8 Å². The Bertz CT molecular complexity index is 272. The number of nitrogens with one attached hydrogen (secondary N) is 2. The summed E-state index contributed by atoms with van der Waals surface area (Å²) < 4.78 is 0. The zero-order chi connectivity index (χ0) is 11.4. The predicted octanol–water partition coefficient (Wildman–Crippen LogP) is -1.53. The van der Waals surface area contributed by atoms with Crippen LogP contribution in [0.5, 0.6) is 0 Å². The average molecular weight is 213 g/mol. The number of imide groups is 1. The largest absolute Gasteiger partial charge is 0.323 e. The Labute approximate surface area is 88.0 Å². The monoisotopic (exact) mass is 213 g/mol. The lowest BCUT2D eigenvalue weighted by Gasteiger charge is -2.25. The molecule has 0 saturated carbocycles. The maximum absolute atomic E-state index is 11.5. The first-order chi connectivity index (χ1) is 6.99. The first-order valence-corrected chi connectivity index (χ1v) is 4.83. The van der Waals surface area contributed by atoms with Crippen LogP contribution in [0.1, 0.15) is 13.8 Å². The van der Waals surface area contributed by atoms with E-state index in [2.05, 4.69) is 10.6 Å². The first kappa shape index (κ1) is 11.6. The molecule has 0 radical (unpaired) electrons. The van der Waals surface area contributed by atoms with Crippen molar-refractivity contribution < 1.29 is 14.4 Å². The molecule has 1 fully saturated rings. The van der Waals surface area contributed by atoms with Crippen LogP contribution in [0.4, 0.5) is 0 Å². The SMILES string of the molecule is CC(C)NCC(=O)N1CC(=O)NC(=O)C1. The Kier molecular flexibility index (Phi) is 3.79. The molecular formula is C9H15N3O3. The molecule has 0 atom stereocenters. The van der Waals surface area contributed by atoms with Crippen molar-refractivity contribution in [3.63, 3.8) is 0 Å². The average Bonchev–Trinajstić information content (AvgIpc) is 2.12. The van der Waals surface area contributed by atoms with E-state index >= 15 is 0 Å². The van der Waals surface area contributed by atoms with Crippen LogP contribution in [0, 0.1) is 0 Å². The summed E-state index contributed by atoms with van der Waals surface area (Å²) in [5.74, 6) is -1.08. The number of carbonyl (C=O) groups is 3. The molecule has 0 aromatic heterocycles. The third kappa shape index (κ3) is 3.67. The number of carbonyl (C=O) groups excluding carboxylic acids is 3. The minimum Gasteiger partial charge on any atom is -0.323 e. The molecule has 1 heterocycles. The lowest BCUT2D eigenvalue weighted by atomic mass is 10.3. The number of rotatable bonds is 3. The van der Waals surface area contributed by atoms with Crippen LogP contribution in [0.25, 0.3) is 0 Å². The van der Waals surface area contributed by atoms with Gasteiger partial charge in [0.25, 0.3) is 0 Å². The molecule has 1 saturated heterocycles. The molecule has 0 aliphatic carbocycles. The van der Waals surface area contributed by atoms with Crippen LogP contribution in [0.2, 0.25) is 0 Å². The van der Waals surface area contributed by atoms with Gasteiger partial charge in [0.15, 0.2) is 0 Å². The summed E-state index contributed by atoms with van der Waals surface area (Å²) in [6.07, 6.45) is 0. The van der Waals surface area contributed by atoms with Crippen LogP contribution >= 0.6 is 0 Å². The first-order valence-electron chi connectivity index (χ1n) is 4.83. The fraction of sp³-hybridized carbons (Fsp3) is 0.667. The molecular weight excluding hydrogens is 198 g/mol. The Hall–Kier alpha value is -1.43. The van der Waals surface area contributed by atoms with Crippen LogP contribution in [0.15, 0.2) is 0 Å². The van der Waals surface area contributed by atoms with Crippen molar-refractivity contribution in [1.29, 1.82) is 0 Å². The van der Waals surface area contributed by atoms with Gasteiger partial charge in [-0.3, -0.25) is 19.7 Å². The summed E-state index contributed by atoms with van der Waals surface area (Å²) in [5, 5.41) is 5.07. The molecule has 6 nitrogen and oxygen atoms in total. The molecule has 1 aliphatic rings. The molecule has 0 aromatic carbocycles. The number of hydrogen-bond donors (Lipinski definition) is 2. The summed E-state index contributed by atoms with van der Waals surface area (Å²) in [6.45, 7) is 3.91. The maximum Gasteiger partial charge on any atom is 0.246 e. The van der Waals surface area contributed by atoms with Crippen molar-refractivity contribution >= 4 is 17.7 Å². The fourth-order valence-corrected chi connectivity index (χ4v) is 1.22. The van der Waals surface area contributed by atoms with Gasteiger partial charge in [0.1, 0.15) is 13.1 Å². The van der Waals surface area contributed by atoms with Crippen molar-refractivity contribution in [2.75, 3.05) is 19.6 Å². The molecule has 0 unspecified atom stereocenters. The molecule has 3 amide bonds. The van der Waals surface area contributed by atoms with Crippen molar-refractivity contribution in [3.05, 3.63) is 0 Å². The Balaban J connectivity index is 2.45. The van der Waals surface area contributed by atoms with Gasteiger partial charge in [0.2, 0.25) is 17.7 Å². The highest BCUT2D eigenvalue weighted by molar-refractivity contribution is 6.02. The quantitative estimate of drug-likeness (QED) is 0.557. The minimum absolute atomic E-state index is 0.0374. The molecule has 1 aliphatic heterocycles. The van der Waals surface area contributed by atoms with Crippen molar-refractivity contribution in [2.24, 2.45) is 0 Å². The van der Waals surface area contributed by atoms with Gasteiger partial charge in [-0.05, 0) is 0 Å². The van der Waals surface area contributed by atoms with E-state index in [9.17, 15) is 14.4 Å². The van der Waals surface area contributed by atoms with Crippen LogP contribution in [-0.4, -0.2) is 48.3 Å². The molecule has 6 heteroatoms. The zero-order valence-corrected chi connectivity index (χ0v) is 8.87. The van der Waals surface area contributed by atoms with Gasteiger partial charge < -0.3 is 10.2 Å². The third-order valence-corrected chi connectivity index (χ3v) is 1.96.